The Morgan fingerprint density at radius 3 is 1.75 bits per heavy atom. The van der Waals surface area contributed by atoms with E-state index in [2.05, 4.69) is 24.4 Å². The van der Waals surface area contributed by atoms with Gasteiger partial charge in [-0.2, -0.15) is 0 Å². The first-order valence-electron chi connectivity index (χ1n) is 20.9. The molecule has 0 aliphatic carbocycles. The number of carboxylic acids is 1. The highest BCUT2D eigenvalue weighted by molar-refractivity contribution is 7.47. The maximum absolute atomic E-state index is 12.6. The Labute approximate surface area is 336 Å². The number of aliphatic hydroxyl groups is 2. The molecule has 0 aromatic rings. The van der Waals surface area contributed by atoms with E-state index in [1.54, 1.807) is 36.5 Å². The minimum Gasteiger partial charge on any atom is -0.480 e. The van der Waals surface area contributed by atoms with Crippen molar-refractivity contribution < 1.29 is 57.7 Å². The smallest absolute Gasteiger partial charge is 0.472 e. The van der Waals surface area contributed by atoms with Crippen molar-refractivity contribution in [3.8, 4) is 0 Å². The Kier molecular flexibility index (Phi) is 35.0. The number of rotatable bonds is 38. The standard InChI is InChI=1S/C42H74NO12P/c1-3-5-7-9-11-12-13-14-15-16-17-19-25-31-40(46)52-33-38(34-53-56(50,51)54-35-39(43)42(48)49)55-41(47)32-26-30-37(45)29-24-21-20-23-28-36(44)27-22-18-10-8-6-4-2/h18,20-24,28-29,36-39,44-45H,3-17,19,25-27,30-35,43H2,1-2H3,(H,48,49)(H,50,51)/b21-20+,22-18+,28-23+,29-24+. The summed E-state index contributed by atoms with van der Waals surface area (Å²) in [5.74, 6) is -2.65. The highest BCUT2D eigenvalue weighted by Crippen LogP contribution is 2.43. The average Bonchev–Trinajstić information content (AvgIpc) is 3.16. The molecule has 0 aromatic carbocycles. The number of ether oxygens (including phenoxy) is 2. The number of carbonyl (C=O) groups excluding carboxylic acids is 2. The first-order chi connectivity index (χ1) is 26.9. The van der Waals surface area contributed by atoms with Crippen molar-refractivity contribution in [1.82, 2.24) is 0 Å². The first kappa shape index (κ1) is 53.4. The molecule has 0 aliphatic heterocycles. The molecular weight excluding hydrogens is 741 g/mol. The van der Waals surface area contributed by atoms with E-state index >= 15 is 0 Å². The van der Waals surface area contributed by atoms with Crippen molar-refractivity contribution in [1.29, 1.82) is 0 Å². The van der Waals surface area contributed by atoms with Crippen molar-refractivity contribution in [2.24, 2.45) is 5.73 Å². The van der Waals surface area contributed by atoms with Crippen LogP contribution < -0.4 is 5.73 Å². The quantitative estimate of drug-likeness (QED) is 0.0130. The lowest BCUT2D eigenvalue weighted by molar-refractivity contribution is -0.161. The lowest BCUT2D eigenvalue weighted by atomic mass is 10.0. The monoisotopic (exact) mass is 815 g/mol. The average molecular weight is 816 g/mol. The van der Waals surface area contributed by atoms with Crippen LogP contribution in [0.3, 0.4) is 0 Å². The van der Waals surface area contributed by atoms with Gasteiger partial charge in [-0.3, -0.25) is 23.4 Å². The SMILES string of the molecule is CCCCC/C=C/CC(O)/C=C/C=C/C=C/C(O)CCCC(=O)OC(COC(=O)CCCCCCCCCCCCCCC)COP(=O)(O)OCC(N)C(=O)O. The number of phosphoric ester groups is 1. The summed E-state index contributed by atoms with van der Waals surface area (Å²) in [6, 6.07) is -1.56. The van der Waals surface area contributed by atoms with E-state index in [0.29, 0.717) is 12.8 Å². The third kappa shape index (κ3) is 35.8. The van der Waals surface area contributed by atoms with Crippen molar-refractivity contribution in [2.75, 3.05) is 19.8 Å². The Morgan fingerprint density at radius 2 is 1.16 bits per heavy atom. The molecule has 0 aromatic heterocycles. The molecule has 56 heavy (non-hydrogen) atoms. The Hall–Kier alpha value is -2.64. The number of nitrogens with two attached hydrogens (primary N) is 1. The minimum atomic E-state index is -4.78. The summed E-state index contributed by atoms with van der Waals surface area (Å²) >= 11 is 0. The second-order valence-electron chi connectivity index (χ2n) is 14.2. The largest absolute Gasteiger partial charge is 0.480 e. The Balaban J connectivity index is 4.67. The normalized spacial score (nSPS) is 15.4. The van der Waals surface area contributed by atoms with Crippen molar-refractivity contribution in [2.45, 2.75) is 179 Å². The second kappa shape index (κ2) is 36.7. The van der Waals surface area contributed by atoms with Gasteiger partial charge in [-0.25, -0.2) is 4.57 Å². The molecule has 5 atom stereocenters. The van der Waals surface area contributed by atoms with Gasteiger partial charge in [0.15, 0.2) is 6.10 Å². The molecule has 0 radical (unpaired) electrons. The summed E-state index contributed by atoms with van der Waals surface area (Å²) in [4.78, 5) is 45.9. The van der Waals surface area contributed by atoms with Crippen LogP contribution in [0.2, 0.25) is 0 Å². The molecule has 0 saturated heterocycles. The summed E-state index contributed by atoms with van der Waals surface area (Å²) < 4.78 is 32.4. The molecule has 0 bridgehead atoms. The molecule has 324 valence electrons. The van der Waals surface area contributed by atoms with E-state index in [0.717, 1.165) is 32.1 Å². The zero-order valence-electron chi connectivity index (χ0n) is 34.2. The Morgan fingerprint density at radius 1 is 0.643 bits per heavy atom. The van der Waals surface area contributed by atoms with Crippen molar-refractivity contribution >= 4 is 25.7 Å². The van der Waals surface area contributed by atoms with Gasteiger partial charge >= 0.3 is 25.7 Å². The molecule has 0 aliphatic rings. The molecule has 0 rings (SSSR count). The van der Waals surface area contributed by atoms with Gasteiger partial charge in [-0.05, 0) is 38.5 Å². The number of esters is 2. The summed E-state index contributed by atoms with van der Waals surface area (Å²) in [6.07, 6.45) is 32.4. The van der Waals surface area contributed by atoms with E-state index in [9.17, 15) is 34.1 Å². The fraction of sp³-hybridized carbons (Fsp3) is 0.738. The number of hydrogen-bond acceptors (Lipinski definition) is 11. The summed E-state index contributed by atoms with van der Waals surface area (Å²) in [5.41, 5.74) is 5.31. The zero-order chi connectivity index (χ0) is 41.7. The van der Waals surface area contributed by atoms with Crippen molar-refractivity contribution in [3.63, 3.8) is 0 Å². The molecule has 0 spiro atoms. The first-order valence-corrected chi connectivity index (χ1v) is 22.4. The van der Waals surface area contributed by atoms with Crippen molar-refractivity contribution in [3.05, 3.63) is 48.6 Å². The third-order valence-electron chi connectivity index (χ3n) is 8.77. The molecule has 0 fully saturated rings. The van der Waals surface area contributed by atoms with Gasteiger partial charge < -0.3 is 35.4 Å². The molecule has 0 heterocycles. The molecule has 0 saturated carbocycles. The van der Waals surface area contributed by atoms with Gasteiger partial charge in [-0.1, -0.05) is 152 Å². The van der Waals surface area contributed by atoms with Crippen LogP contribution in [-0.4, -0.2) is 82.3 Å². The molecule has 6 N–H and O–H groups in total. The fourth-order valence-electron chi connectivity index (χ4n) is 5.38. The lowest BCUT2D eigenvalue weighted by Gasteiger charge is -2.20. The number of carbonyl (C=O) groups is 3. The second-order valence-corrected chi connectivity index (χ2v) is 15.6. The van der Waals surface area contributed by atoms with E-state index in [4.69, 9.17) is 24.8 Å². The van der Waals surface area contributed by atoms with E-state index in [1.807, 2.05) is 6.08 Å². The molecule has 5 unspecified atom stereocenters. The summed E-state index contributed by atoms with van der Waals surface area (Å²) in [5, 5.41) is 29.2. The number of carboxylic acid groups (broad SMARTS) is 1. The number of hydrogen-bond donors (Lipinski definition) is 5. The van der Waals surface area contributed by atoms with Crippen LogP contribution in [0.4, 0.5) is 0 Å². The van der Waals surface area contributed by atoms with E-state index < -0.39 is 69.9 Å². The van der Waals surface area contributed by atoms with Crippen LogP contribution in [0.5, 0.6) is 0 Å². The Bertz CT molecular complexity index is 1170. The van der Waals surface area contributed by atoms with E-state index in [-0.39, 0.29) is 25.7 Å². The van der Waals surface area contributed by atoms with Crippen LogP contribution in [0.25, 0.3) is 0 Å². The maximum Gasteiger partial charge on any atom is 0.472 e. The molecule has 13 nitrogen and oxygen atoms in total. The van der Waals surface area contributed by atoms with Crippen LogP contribution in [0, 0.1) is 0 Å². The number of allylic oxidation sites excluding steroid dienone is 5. The number of aliphatic hydroxyl groups excluding tert-OH is 2. The van der Waals surface area contributed by atoms with Gasteiger partial charge in [0.1, 0.15) is 12.6 Å². The summed E-state index contributed by atoms with van der Waals surface area (Å²) in [7, 11) is -4.78. The van der Waals surface area contributed by atoms with E-state index in [1.165, 1.54) is 70.6 Å². The van der Waals surface area contributed by atoms with Crippen LogP contribution in [-0.2, 0) is 37.5 Å². The minimum absolute atomic E-state index is 0.0986. The van der Waals surface area contributed by atoms with Gasteiger partial charge in [0, 0.05) is 12.8 Å². The van der Waals surface area contributed by atoms with Crippen LogP contribution >= 0.6 is 7.82 Å². The highest BCUT2D eigenvalue weighted by Gasteiger charge is 2.28. The van der Waals surface area contributed by atoms with Gasteiger partial charge in [-0.15, -0.1) is 0 Å². The lowest BCUT2D eigenvalue weighted by Crippen LogP contribution is -2.34. The van der Waals surface area contributed by atoms with Gasteiger partial charge in [0.2, 0.25) is 0 Å². The highest BCUT2D eigenvalue weighted by atomic mass is 31.2. The number of aliphatic carboxylic acids is 1. The maximum atomic E-state index is 12.6. The number of unbranched alkanes of at least 4 members (excludes halogenated alkanes) is 15. The molecule has 0 amide bonds. The fourth-order valence-corrected chi connectivity index (χ4v) is 6.15. The third-order valence-corrected chi connectivity index (χ3v) is 9.72. The molecule has 14 heteroatoms. The predicted molar refractivity (Wildman–Crippen MR) is 220 cm³/mol. The number of phosphoric acid groups is 1. The summed E-state index contributed by atoms with van der Waals surface area (Å²) in [6.45, 7) is 2.48. The molecular formula is C42H74NO12P. The van der Waals surface area contributed by atoms with Gasteiger partial charge in [0.25, 0.3) is 0 Å². The van der Waals surface area contributed by atoms with Crippen LogP contribution in [0.1, 0.15) is 155 Å². The predicted octanol–water partition coefficient (Wildman–Crippen LogP) is 8.56. The van der Waals surface area contributed by atoms with Gasteiger partial charge in [0.05, 0.1) is 25.4 Å². The topological polar surface area (TPSA) is 212 Å². The zero-order valence-corrected chi connectivity index (χ0v) is 35.1. The van der Waals surface area contributed by atoms with Crippen LogP contribution in [0.15, 0.2) is 48.6 Å².